The Morgan fingerprint density at radius 3 is 2.58 bits per heavy atom. The fraction of sp³-hybridized carbons (Fsp3) is 0.389. The Hall–Kier alpha value is -4.76. The Balaban J connectivity index is 0.935. The van der Waals surface area contributed by atoms with E-state index in [-0.39, 0.29) is 18.4 Å². The molecule has 1 atom stereocenters. The fourth-order valence-corrected chi connectivity index (χ4v) is 7.65. The summed E-state index contributed by atoms with van der Waals surface area (Å²) < 4.78 is 16.6. The molecule has 7 rings (SSSR count). The van der Waals surface area contributed by atoms with E-state index >= 15 is 0 Å². The van der Waals surface area contributed by atoms with Gasteiger partial charge in [0.15, 0.2) is 11.4 Å². The Morgan fingerprint density at radius 2 is 1.82 bits per heavy atom. The molecule has 5 heterocycles. The molecule has 0 saturated carbocycles. The Kier molecular flexibility index (Phi) is 10.1. The number of ether oxygens (including phenoxy) is 3. The maximum Gasteiger partial charge on any atom is 0.258 e. The molecule has 260 valence electrons. The van der Waals surface area contributed by atoms with Crippen LogP contribution in [-0.2, 0) is 19.1 Å². The third-order valence-corrected chi connectivity index (χ3v) is 10.6. The highest BCUT2D eigenvalue weighted by atomic mass is 32.1. The SMILES string of the molecule is COCCOc1ccc(-c2n[nH]c3ccc(NC(=O)[C@]4(OC)CCN(CC(=O)N5CCC(c6ncc(-c7ncccn7)s6)CC5)C4)cc23)cc1. The van der Waals surface area contributed by atoms with E-state index in [1.165, 1.54) is 0 Å². The lowest BCUT2D eigenvalue weighted by Gasteiger charge is -2.32. The second-order valence-corrected chi connectivity index (χ2v) is 13.7. The van der Waals surface area contributed by atoms with Crippen molar-refractivity contribution in [2.45, 2.75) is 30.8 Å². The molecule has 2 fully saturated rings. The summed E-state index contributed by atoms with van der Waals surface area (Å²) in [5.41, 5.74) is 2.12. The lowest BCUT2D eigenvalue weighted by molar-refractivity contribution is -0.138. The molecule has 2 aliphatic heterocycles. The molecule has 0 radical (unpaired) electrons. The van der Waals surface area contributed by atoms with Crippen molar-refractivity contribution in [3.05, 3.63) is 72.1 Å². The molecule has 5 aromatic rings. The summed E-state index contributed by atoms with van der Waals surface area (Å²) in [5.74, 6) is 1.58. The number of nitrogens with zero attached hydrogens (tertiary/aromatic N) is 6. The number of amides is 2. The van der Waals surface area contributed by atoms with Gasteiger partial charge in [0.1, 0.15) is 12.4 Å². The van der Waals surface area contributed by atoms with Crippen molar-refractivity contribution >= 4 is 39.7 Å². The molecule has 3 aromatic heterocycles. The van der Waals surface area contributed by atoms with E-state index in [2.05, 4.69) is 30.5 Å². The van der Waals surface area contributed by atoms with Crippen molar-refractivity contribution in [1.82, 2.24) is 34.9 Å². The van der Waals surface area contributed by atoms with Crippen LogP contribution in [0.1, 0.15) is 30.2 Å². The van der Waals surface area contributed by atoms with Crippen LogP contribution in [0, 0.1) is 0 Å². The van der Waals surface area contributed by atoms with Crippen molar-refractivity contribution in [1.29, 1.82) is 0 Å². The molecule has 0 aliphatic carbocycles. The number of H-pyrrole nitrogens is 1. The first kappa shape index (κ1) is 33.7. The van der Waals surface area contributed by atoms with E-state index in [1.54, 1.807) is 44.0 Å². The molecule has 13 nitrogen and oxygen atoms in total. The van der Waals surface area contributed by atoms with Crippen molar-refractivity contribution in [2.75, 3.05) is 65.5 Å². The normalized spacial score (nSPS) is 18.5. The van der Waals surface area contributed by atoms with Crippen LogP contribution in [0.4, 0.5) is 5.69 Å². The molecule has 2 N–H and O–H groups in total. The van der Waals surface area contributed by atoms with E-state index in [0.29, 0.717) is 63.2 Å². The number of hydrogen-bond acceptors (Lipinski definition) is 11. The smallest absolute Gasteiger partial charge is 0.258 e. The number of anilines is 1. The Bertz CT molecular complexity index is 1930. The summed E-state index contributed by atoms with van der Waals surface area (Å²) in [4.78, 5) is 45.3. The van der Waals surface area contributed by atoms with Crippen LogP contribution in [0.2, 0.25) is 0 Å². The standard InChI is InChI=1S/C36H40N8O5S/c1-47-18-19-49-27-7-4-24(5-8-27)32-28-20-26(6-9-29(28)41-42-32)40-35(46)36(48-2)12-17-43(23-36)22-31(45)44-15-10-25(11-16-44)34-39-21-30(50-34)33-37-13-3-14-38-33/h3-9,13-14,20-21,25H,10-12,15-19,22-23H2,1-2H3,(H,40,46)(H,41,42)/t36-/m0/s1. The van der Waals surface area contributed by atoms with Gasteiger partial charge in [-0.25, -0.2) is 15.0 Å². The highest BCUT2D eigenvalue weighted by Gasteiger charge is 2.45. The van der Waals surface area contributed by atoms with E-state index in [0.717, 1.165) is 50.6 Å². The third-order valence-electron chi connectivity index (χ3n) is 9.49. The summed E-state index contributed by atoms with van der Waals surface area (Å²) in [6.07, 6.45) is 7.51. The lowest BCUT2D eigenvalue weighted by atomic mass is 9.97. The minimum absolute atomic E-state index is 0.0702. The summed E-state index contributed by atoms with van der Waals surface area (Å²) in [6, 6.07) is 15.2. The minimum Gasteiger partial charge on any atom is -0.491 e. The number of benzene rings is 2. The molecule has 2 aromatic carbocycles. The first-order valence-electron chi connectivity index (χ1n) is 16.7. The van der Waals surface area contributed by atoms with Crippen LogP contribution in [0.3, 0.4) is 0 Å². The van der Waals surface area contributed by atoms with Gasteiger partial charge in [0, 0.05) is 81.5 Å². The van der Waals surface area contributed by atoms with E-state index < -0.39 is 5.60 Å². The first-order valence-corrected chi connectivity index (χ1v) is 17.6. The van der Waals surface area contributed by atoms with Gasteiger partial charge in [-0.3, -0.25) is 19.6 Å². The summed E-state index contributed by atoms with van der Waals surface area (Å²) in [7, 11) is 3.20. The second kappa shape index (κ2) is 15.0. The van der Waals surface area contributed by atoms with Gasteiger partial charge in [0.05, 0.1) is 34.2 Å². The maximum absolute atomic E-state index is 13.7. The molecule has 0 unspecified atom stereocenters. The van der Waals surface area contributed by atoms with E-state index in [1.807, 2.05) is 58.5 Å². The topological polar surface area (TPSA) is 148 Å². The highest BCUT2D eigenvalue weighted by Crippen LogP contribution is 2.35. The second-order valence-electron chi connectivity index (χ2n) is 12.6. The van der Waals surface area contributed by atoms with Gasteiger partial charge in [0.25, 0.3) is 5.91 Å². The Labute approximate surface area is 294 Å². The molecule has 0 bridgehead atoms. The number of aromatic nitrogens is 5. The van der Waals surface area contributed by atoms with Crippen LogP contribution >= 0.6 is 11.3 Å². The van der Waals surface area contributed by atoms with Gasteiger partial charge in [0.2, 0.25) is 5.91 Å². The molecule has 2 saturated heterocycles. The van der Waals surface area contributed by atoms with Gasteiger partial charge < -0.3 is 24.4 Å². The monoisotopic (exact) mass is 696 g/mol. The van der Waals surface area contributed by atoms with Crippen LogP contribution < -0.4 is 10.1 Å². The zero-order valence-electron chi connectivity index (χ0n) is 28.1. The number of fused-ring (bicyclic) bond motifs is 1. The largest absolute Gasteiger partial charge is 0.491 e. The number of hydrogen-bond donors (Lipinski definition) is 2. The first-order chi connectivity index (χ1) is 24.4. The molecule has 14 heteroatoms. The number of nitrogens with one attached hydrogen (secondary N) is 2. The predicted molar refractivity (Wildman–Crippen MR) is 190 cm³/mol. The molecular weight excluding hydrogens is 657 g/mol. The molecule has 2 amide bonds. The van der Waals surface area contributed by atoms with Gasteiger partial charge >= 0.3 is 0 Å². The van der Waals surface area contributed by atoms with Crippen molar-refractivity contribution in [3.8, 4) is 27.7 Å². The van der Waals surface area contributed by atoms with Crippen LogP contribution in [0.25, 0.3) is 32.9 Å². The van der Waals surface area contributed by atoms with Gasteiger partial charge in [-0.1, -0.05) is 0 Å². The van der Waals surface area contributed by atoms with Gasteiger partial charge in [-0.15, -0.1) is 11.3 Å². The zero-order chi connectivity index (χ0) is 34.5. The van der Waals surface area contributed by atoms with E-state index in [4.69, 9.17) is 14.2 Å². The number of likely N-dealkylation sites (tertiary alicyclic amines) is 2. The number of methoxy groups -OCH3 is 2. The summed E-state index contributed by atoms with van der Waals surface area (Å²) in [6.45, 7) is 3.51. The summed E-state index contributed by atoms with van der Waals surface area (Å²) >= 11 is 1.63. The Morgan fingerprint density at radius 1 is 1.02 bits per heavy atom. The number of carbonyl (C=O) groups excluding carboxylic acids is 2. The summed E-state index contributed by atoms with van der Waals surface area (Å²) in [5, 5.41) is 12.6. The van der Waals surface area contributed by atoms with Gasteiger partial charge in [-0.2, -0.15) is 5.10 Å². The average molecular weight is 697 g/mol. The molecule has 2 aliphatic rings. The number of carbonyl (C=O) groups is 2. The predicted octanol–water partition coefficient (Wildman–Crippen LogP) is 4.60. The quantitative estimate of drug-likeness (QED) is 0.177. The van der Waals surface area contributed by atoms with E-state index in [9.17, 15) is 9.59 Å². The van der Waals surface area contributed by atoms with Crippen LogP contribution in [0.5, 0.6) is 5.75 Å². The molecule has 0 spiro atoms. The number of piperidine rings is 1. The van der Waals surface area contributed by atoms with Crippen molar-refractivity contribution in [3.63, 3.8) is 0 Å². The molecular formula is C36H40N8O5S. The highest BCUT2D eigenvalue weighted by molar-refractivity contribution is 7.15. The van der Waals surface area contributed by atoms with Crippen molar-refractivity contribution < 1.29 is 23.8 Å². The molecule has 50 heavy (non-hydrogen) atoms. The third kappa shape index (κ3) is 7.24. The maximum atomic E-state index is 13.7. The number of rotatable bonds is 12. The van der Waals surface area contributed by atoms with Crippen LogP contribution in [0.15, 0.2) is 67.1 Å². The lowest BCUT2D eigenvalue weighted by Crippen LogP contribution is -2.48. The average Bonchev–Trinajstić information content (AvgIpc) is 3.92. The number of thiazole rings is 1. The van der Waals surface area contributed by atoms with Gasteiger partial charge in [-0.05, 0) is 67.8 Å². The fourth-order valence-electron chi connectivity index (χ4n) is 6.62. The zero-order valence-corrected chi connectivity index (χ0v) is 28.9. The van der Waals surface area contributed by atoms with Crippen molar-refractivity contribution in [2.24, 2.45) is 0 Å². The minimum atomic E-state index is -1.06. The number of aromatic amines is 1. The van der Waals surface area contributed by atoms with Crippen LogP contribution in [-0.4, -0.2) is 113 Å².